The normalized spacial score (nSPS) is 22.8. The Hall–Kier alpha value is -2.28. The number of urea groups is 1. The molecule has 3 rings (SSSR count). The van der Waals surface area contributed by atoms with Gasteiger partial charge in [-0.05, 0) is 18.1 Å². The van der Waals surface area contributed by atoms with Gasteiger partial charge in [-0.3, -0.25) is 4.79 Å². The highest BCUT2D eigenvalue weighted by atomic mass is 16.5. The summed E-state index contributed by atoms with van der Waals surface area (Å²) < 4.78 is 11.4. The fourth-order valence-electron chi connectivity index (χ4n) is 3.42. The molecule has 2 aliphatic heterocycles. The monoisotopic (exact) mass is 375 g/mol. The first kappa shape index (κ1) is 19.5. The number of carbonyl (C=O) groups excluding carboxylic acids is 2. The lowest BCUT2D eigenvalue weighted by atomic mass is 10.1. The Morgan fingerprint density at radius 1 is 1.22 bits per heavy atom. The van der Waals surface area contributed by atoms with Gasteiger partial charge in [-0.25, -0.2) is 4.79 Å². The van der Waals surface area contributed by atoms with Crippen LogP contribution in [0.25, 0.3) is 0 Å². The van der Waals surface area contributed by atoms with E-state index < -0.39 is 6.04 Å². The predicted molar refractivity (Wildman–Crippen MR) is 102 cm³/mol. The first-order valence-electron chi connectivity index (χ1n) is 9.67. The van der Waals surface area contributed by atoms with Crippen LogP contribution in [0.3, 0.4) is 0 Å². The van der Waals surface area contributed by atoms with Crippen LogP contribution in [-0.2, 0) is 9.53 Å². The maximum absolute atomic E-state index is 13.0. The van der Waals surface area contributed by atoms with Crippen LogP contribution in [-0.4, -0.2) is 73.3 Å². The lowest BCUT2D eigenvalue weighted by Crippen LogP contribution is -2.53. The highest BCUT2D eigenvalue weighted by molar-refractivity contribution is 5.88. The minimum absolute atomic E-state index is 0.0165. The molecule has 7 heteroatoms. The van der Waals surface area contributed by atoms with Crippen molar-refractivity contribution in [3.63, 3.8) is 0 Å². The first-order valence-corrected chi connectivity index (χ1v) is 9.67. The minimum atomic E-state index is -0.496. The summed E-state index contributed by atoms with van der Waals surface area (Å²) >= 11 is 0. The standard InChI is InChI=1S/C20H29N3O4/c1-15(2)13-21-20(25)23-14-17(27-16-6-4-3-5-7-16)12-18(23)19(24)22-8-10-26-11-9-22/h3-7,15,17-18H,8-14H2,1-2H3,(H,21,25)/t17-,18+/m0/s1. The van der Waals surface area contributed by atoms with E-state index in [0.29, 0.717) is 51.7 Å². The maximum atomic E-state index is 13.0. The number of nitrogens with zero attached hydrogens (tertiary/aromatic N) is 2. The van der Waals surface area contributed by atoms with E-state index in [2.05, 4.69) is 5.32 Å². The van der Waals surface area contributed by atoms with E-state index in [0.717, 1.165) is 5.75 Å². The van der Waals surface area contributed by atoms with Crippen LogP contribution in [0.2, 0.25) is 0 Å². The summed E-state index contributed by atoms with van der Waals surface area (Å²) in [6.45, 7) is 7.30. The van der Waals surface area contributed by atoms with Crippen molar-refractivity contribution in [2.75, 3.05) is 39.4 Å². The zero-order chi connectivity index (χ0) is 19.2. The molecule has 1 N–H and O–H groups in total. The van der Waals surface area contributed by atoms with Crippen LogP contribution in [0.5, 0.6) is 5.75 Å². The molecule has 2 saturated heterocycles. The highest BCUT2D eigenvalue weighted by Crippen LogP contribution is 2.25. The number of likely N-dealkylation sites (tertiary alicyclic amines) is 1. The molecule has 0 saturated carbocycles. The molecule has 0 radical (unpaired) electrons. The van der Waals surface area contributed by atoms with Gasteiger partial charge in [-0.1, -0.05) is 32.0 Å². The molecule has 1 aromatic rings. The lowest BCUT2D eigenvalue weighted by molar-refractivity contribution is -0.139. The molecule has 1 aromatic carbocycles. The van der Waals surface area contributed by atoms with E-state index in [1.807, 2.05) is 44.2 Å². The number of hydrogen-bond donors (Lipinski definition) is 1. The van der Waals surface area contributed by atoms with Crippen molar-refractivity contribution < 1.29 is 19.1 Å². The smallest absolute Gasteiger partial charge is 0.318 e. The van der Waals surface area contributed by atoms with Gasteiger partial charge in [0, 0.05) is 26.1 Å². The van der Waals surface area contributed by atoms with Crippen LogP contribution >= 0.6 is 0 Å². The van der Waals surface area contributed by atoms with Gasteiger partial charge in [0.2, 0.25) is 5.91 Å². The molecular formula is C20H29N3O4. The third-order valence-electron chi connectivity index (χ3n) is 4.84. The van der Waals surface area contributed by atoms with Crippen LogP contribution in [0.4, 0.5) is 4.79 Å². The molecule has 148 valence electrons. The Bertz CT molecular complexity index is 631. The van der Waals surface area contributed by atoms with Gasteiger partial charge in [0.15, 0.2) is 0 Å². The number of para-hydroxylation sites is 1. The second kappa shape index (κ2) is 9.08. The fraction of sp³-hybridized carbons (Fsp3) is 0.600. The van der Waals surface area contributed by atoms with Crippen LogP contribution in [0, 0.1) is 5.92 Å². The summed E-state index contributed by atoms with van der Waals surface area (Å²) in [5.41, 5.74) is 0. The minimum Gasteiger partial charge on any atom is -0.488 e. The summed E-state index contributed by atoms with van der Waals surface area (Å²) in [5, 5.41) is 2.93. The number of hydrogen-bond acceptors (Lipinski definition) is 4. The van der Waals surface area contributed by atoms with Crippen molar-refractivity contribution in [3.8, 4) is 5.75 Å². The predicted octanol–water partition coefficient (Wildman–Crippen LogP) is 1.73. The summed E-state index contributed by atoms with van der Waals surface area (Å²) in [4.78, 5) is 29.2. The van der Waals surface area contributed by atoms with Crippen LogP contribution < -0.4 is 10.1 Å². The molecule has 2 atom stereocenters. The van der Waals surface area contributed by atoms with Crippen molar-refractivity contribution in [1.82, 2.24) is 15.1 Å². The summed E-state index contributed by atoms with van der Waals surface area (Å²) in [7, 11) is 0. The molecule has 2 heterocycles. The van der Waals surface area contributed by atoms with Crippen molar-refractivity contribution in [3.05, 3.63) is 30.3 Å². The van der Waals surface area contributed by atoms with Crippen LogP contribution in [0.15, 0.2) is 30.3 Å². The number of nitrogens with one attached hydrogen (secondary N) is 1. The first-order chi connectivity index (χ1) is 13.0. The Kier molecular flexibility index (Phi) is 6.55. The zero-order valence-corrected chi connectivity index (χ0v) is 16.1. The fourth-order valence-corrected chi connectivity index (χ4v) is 3.42. The van der Waals surface area contributed by atoms with Crippen molar-refractivity contribution in [2.24, 2.45) is 5.92 Å². The number of carbonyl (C=O) groups is 2. The number of rotatable bonds is 5. The van der Waals surface area contributed by atoms with Gasteiger partial charge in [0.25, 0.3) is 0 Å². The van der Waals surface area contributed by atoms with E-state index in [4.69, 9.17) is 9.47 Å². The van der Waals surface area contributed by atoms with E-state index in [1.54, 1.807) is 9.80 Å². The molecule has 0 spiro atoms. The van der Waals surface area contributed by atoms with Gasteiger partial charge in [0.1, 0.15) is 17.9 Å². The van der Waals surface area contributed by atoms with Crippen LogP contribution in [0.1, 0.15) is 20.3 Å². The number of morpholine rings is 1. The average molecular weight is 375 g/mol. The number of ether oxygens (including phenoxy) is 2. The van der Waals surface area contributed by atoms with Crippen molar-refractivity contribution in [2.45, 2.75) is 32.4 Å². The molecular weight excluding hydrogens is 346 g/mol. The van der Waals surface area contributed by atoms with E-state index in [9.17, 15) is 9.59 Å². The number of amides is 3. The Labute approximate surface area is 160 Å². The summed E-state index contributed by atoms with van der Waals surface area (Å²) in [6.07, 6.45) is 0.299. The van der Waals surface area contributed by atoms with Gasteiger partial charge in [-0.2, -0.15) is 0 Å². The van der Waals surface area contributed by atoms with Gasteiger partial charge < -0.3 is 24.6 Å². The molecule has 0 aromatic heterocycles. The molecule has 27 heavy (non-hydrogen) atoms. The zero-order valence-electron chi connectivity index (χ0n) is 16.1. The molecule has 7 nitrogen and oxygen atoms in total. The van der Waals surface area contributed by atoms with Gasteiger partial charge in [-0.15, -0.1) is 0 Å². The quantitative estimate of drug-likeness (QED) is 0.851. The largest absolute Gasteiger partial charge is 0.488 e. The molecule has 0 unspecified atom stereocenters. The third-order valence-corrected chi connectivity index (χ3v) is 4.84. The molecule has 2 fully saturated rings. The Morgan fingerprint density at radius 2 is 1.93 bits per heavy atom. The molecule has 3 amide bonds. The topological polar surface area (TPSA) is 71.1 Å². The molecule has 2 aliphatic rings. The Balaban J connectivity index is 1.70. The maximum Gasteiger partial charge on any atom is 0.318 e. The second-order valence-corrected chi connectivity index (χ2v) is 7.47. The van der Waals surface area contributed by atoms with Gasteiger partial charge in [0.05, 0.1) is 19.8 Å². The number of benzene rings is 1. The summed E-state index contributed by atoms with van der Waals surface area (Å²) in [5.74, 6) is 1.09. The lowest BCUT2D eigenvalue weighted by Gasteiger charge is -2.32. The van der Waals surface area contributed by atoms with Crippen molar-refractivity contribution in [1.29, 1.82) is 0 Å². The Morgan fingerprint density at radius 3 is 2.59 bits per heavy atom. The van der Waals surface area contributed by atoms with Gasteiger partial charge >= 0.3 is 6.03 Å². The SMILES string of the molecule is CC(C)CNC(=O)N1C[C@@H](Oc2ccccc2)C[C@@H]1C(=O)N1CCOCC1. The van der Waals surface area contributed by atoms with E-state index in [-0.39, 0.29) is 18.0 Å². The second-order valence-electron chi connectivity index (χ2n) is 7.47. The third kappa shape index (κ3) is 5.13. The van der Waals surface area contributed by atoms with E-state index >= 15 is 0 Å². The molecule has 0 aliphatic carbocycles. The van der Waals surface area contributed by atoms with Crippen molar-refractivity contribution >= 4 is 11.9 Å². The highest BCUT2D eigenvalue weighted by Gasteiger charge is 2.42. The average Bonchev–Trinajstić information content (AvgIpc) is 3.10. The molecule has 0 bridgehead atoms. The van der Waals surface area contributed by atoms with E-state index in [1.165, 1.54) is 0 Å². The summed E-state index contributed by atoms with van der Waals surface area (Å²) in [6, 6.07) is 8.83.